The van der Waals surface area contributed by atoms with Gasteiger partial charge in [0.05, 0.1) is 32.5 Å². The van der Waals surface area contributed by atoms with Gasteiger partial charge in [0, 0.05) is 55.8 Å². The van der Waals surface area contributed by atoms with E-state index in [0.29, 0.717) is 19.6 Å². The van der Waals surface area contributed by atoms with Gasteiger partial charge in [0.1, 0.15) is 66.5 Å². The van der Waals surface area contributed by atoms with Crippen LogP contribution >= 0.6 is 0 Å². The smallest absolute Gasteiger partial charge is 0.248 e. The summed E-state index contributed by atoms with van der Waals surface area (Å²) >= 11 is 0. The average Bonchev–Trinajstić information content (AvgIpc) is 0.814. The Morgan fingerprint density at radius 3 is 1.38 bits per heavy atom. The minimum Gasteiger partial charge on any atom is -0.390 e. The normalized spacial score (nSPS) is 27.3. The van der Waals surface area contributed by atoms with Crippen molar-refractivity contribution in [3.05, 3.63) is 12.2 Å². The van der Waals surface area contributed by atoms with Crippen LogP contribution in [0.3, 0.4) is 0 Å². The number of aliphatic hydroxyl groups is 1. The number of nitrogens with zero attached hydrogens (tertiary/aromatic N) is 7. The van der Waals surface area contributed by atoms with Gasteiger partial charge in [-0.15, -0.1) is 0 Å². The van der Waals surface area contributed by atoms with E-state index >= 15 is 28.8 Å². The molecule has 2 rings (SSSR count). The predicted octanol–water partition coefficient (Wildman–Crippen LogP) is 3.81. The van der Waals surface area contributed by atoms with Crippen LogP contribution in [-0.2, 0) is 67.0 Å². The van der Waals surface area contributed by atoms with Crippen molar-refractivity contribution in [2.75, 3.05) is 75.8 Å². The number of ether oxygens (including phenoxy) is 3. The molecule has 5 N–H and O–H groups in total. The van der Waals surface area contributed by atoms with Crippen molar-refractivity contribution in [1.82, 2.24) is 55.6 Å². The highest BCUT2D eigenvalue weighted by Crippen LogP contribution is 2.26. The first-order valence-corrected chi connectivity index (χ1v) is 34.4. The molecule has 0 aromatic heterocycles. The number of likely N-dealkylation sites (N-methyl/N-ethyl adjacent to an activating group) is 7. The maximum Gasteiger partial charge on any atom is 0.248 e. The number of rotatable bonds is 20. The van der Waals surface area contributed by atoms with E-state index < -0.39 is 168 Å². The lowest BCUT2D eigenvalue weighted by atomic mass is 9.91. The topological polar surface area (TPSA) is 306 Å². The first-order valence-electron chi connectivity index (χ1n) is 34.4. The fourth-order valence-corrected chi connectivity index (χ4v) is 12.1. The Labute approximate surface area is 567 Å². The molecule has 2 aliphatic rings. The highest BCUT2D eigenvalue weighted by atomic mass is 16.7. The quantitative estimate of drug-likeness (QED) is 0.0855. The summed E-state index contributed by atoms with van der Waals surface area (Å²) in [5, 5.41) is 23.4. The van der Waals surface area contributed by atoms with E-state index in [1.54, 1.807) is 60.6 Å². The lowest BCUT2D eigenvalue weighted by Crippen LogP contribution is -2.64. The van der Waals surface area contributed by atoms with Gasteiger partial charge >= 0.3 is 0 Å². The number of hydrogen-bond donors (Lipinski definition) is 5. The van der Waals surface area contributed by atoms with Crippen LogP contribution in [0.15, 0.2) is 12.2 Å². The Morgan fingerprint density at radius 2 is 0.905 bits per heavy atom. The zero-order chi connectivity index (χ0) is 72.8. The van der Waals surface area contributed by atoms with Crippen LogP contribution in [0.25, 0.3) is 0 Å². The summed E-state index contributed by atoms with van der Waals surface area (Å²) in [5.41, 5.74) is 0. The second-order valence-electron chi connectivity index (χ2n) is 28.7. The molecule has 2 saturated heterocycles. The summed E-state index contributed by atoms with van der Waals surface area (Å²) < 4.78 is 17.6. The number of allylic oxidation sites excluding steroid dienone is 2. The molecule has 0 unspecified atom stereocenters. The summed E-state index contributed by atoms with van der Waals surface area (Å²) in [5.74, 6) is -10.3. The monoisotopic (exact) mass is 1350 g/mol. The molecule has 26 nitrogen and oxygen atoms in total. The van der Waals surface area contributed by atoms with Crippen molar-refractivity contribution in [3.8, 4) is 0 Å². The van der Waals surface area contributed by atoms with Crippen LogP contribution in [-0.4, -0.2) is 259 Å². The van der Waals surface area contributed by atoms with E-state index in [-0.39, 0.29) is 75.2 Å². The predicted molar refractivity (Wildman–Crippen MR) is 363 cm³/mol. The number of carbonyl (C=O) groups is 11. The van der Waals surface area contributed by atoms with E-state index in [9.17, 15) is 29.1 Å². The first kappa shape index (κ1) is 84.8. The van der Waals surface area contributed by atoms with Gasteiger partial charge in [0.25, 0.3) is 0 Å². The van der Waals surface area contributed by atoms with Crippen molar-refractivity contribution >= 4 is 65.0 Å². The third-order valence-electron chi connectivity index (χ3n) is 18.1. The lowest BCUT2D eigenvalue weighted by molar-refractivity contribution is -0.187. The Hall–Kier alpha value is -6.25. The molecule has 26 heteroatoms. The van der Waals surface area contributed by atoms with Gasteiger partial charge < -0.3 is 74.9 Å². The van der Waals surface area contributed by atoms with Gasteiger partial charge in [-0.3, -0.25) is 52.7 Å². The molecule has 0 aliphatic carbocycles. The molecule has 0 aromatic carbocycles. The molecule has 95 heavy (non-hydrogen) atoms. The lowest BCUT2D eigenvalue weighted by Gasteiger charge is -2.41. The van der Waals surface area contributed by atoms with Crippen molar-refractivity contribution in [2.45, 2.75) is 248 Å². The SMILES string of the molecule is C/C=C/C[C@@H](C)[C@@H](O)[C@H]1C(=O)N[C@@H](CC)C(=O)N(C)[C@H](COCCC2OCCCO2)C(=O)N(C)[C@@H](CC(C)C)C(=O)N[C@@H](C(C)C)C(=O)N(C)[C@@H](CC(C)C)C(=O)N[C@@H](C)C(=O)N[C@H](C)C(=O)N(C)[C@@H](CC(C)C)C(=O)N(C)[C@@H](CC(C)C)C(=O)N(C)[C@@H](C(C)C)C(=O)N1C. The van der Waals surface area contributed by atoms with Crippen LogP contribution in [0.5, 0.6) is 0 Å². The molecule has 2 fully saturated rings. The third kappa shape index (κ3) is 24.4. The highest BCUT2D eigenvalue weighted by Gasteiger charge is 2.46. The number of hydrogen-bond acceptors (Lipinski definition) is 15. The van der Waals surface area contributed by atoms with Crippen molar-refractivity contribution in [1.29, 1.82) is 0 Å². The van der Waals surface area contributed by atoms with Crippen molar-refractivity contribution in [2.24, 2.45) is 41.4 Å². The fourth-order valence-electron chi connectivity index (χ4n) is 12.1. The van der Waals surface area contributed by atoms with E-state index in [1.807, 2.05) is 55.4 Å². The molecular weight excluding hydrogens is 1220 g/mol. The van der Waals surface area contributed by atoms with Gasteiger partial charge in [-0.2, -0.15) is 0 Å². The molecule has 11 amide bonds. The van der Waals surface area contributed by atoms with Gasteiger partial charge in [-0.05, 0) is 107 Å². The van der Waals surface area contributed by atoms with E-state index in [1.165, 1.54) is 87.7 Å². The summed E-state index contributed by atoms with van der Waals surface area (Å²) in [6.07, 6.45) is 3.21. The third-order valence-corrected chi connectivity index (χ3v) is 18.1. The van der Waals surface area contributed by atoms with Gasteiger partial charge in [0.2, 0.25) is 65.0 Å². The summed E-state index contributed by atoms with van der Waals surface area (Å²) in [6, 6.07) is -14.3. The highest BCUT2D eigenvalue weighted by molar-refractivity contribution is 6.00. The molecule has 13 atom stereocenters. The van der Waals surface area contributed by atoms with Crippen LogP contribution in [0, 0.1) is 41.4 Å². The van der Waals surface area contributed by atoms with Crippen LogP contribution in [0.2, 0.25) is 0 Å². The largest absolute Gasteiger partial charge is 0.390 e. The molecule has 544 valence electrons. The number of carbonyl (C=O) groups excluding carboxylic acids is 11. The molecular formula is C69H123N11O15. The second kappa shape index (κ2) is 39.8. The minimum absolute atomic E-state index is 0.0327. The zero-order valence-electron chi connectivity index (χ0n) is 62.0. The Kier molecular flexibility index (Phi) is 35.6. The Morgan fingerprint density at radius 1 is 0.484 bits per heavy atom. The molecule has 2 heterocycles. The molecule has 0 aromatic rings. The molecule has 0 bridgehead atoms. The van der Waals surface area contributed by atoms with Gasteiger partial charge in [-0.25, -0.2) is 0 Å². The van der Waals surface area contributed by atoms with Gasteiger partial charge in [0.15, 0.2) is 6.29 Å². The van der Waals surface area contributed by atoms with Gasteiger partial charge in [-0.1, -0.05) is 109 Å². The minimum atomic E-state index is -1.67. The van der Waals surface area contributed by atoms with Crippen LogP contribution < -0.4 is 21.3 Å². The van der Waals surface area contributed by atoms with Crippen molar-refractivity contribution in [3.63, 3.8) is 0 Å². The number of aliphatic hydroxyl groups excluding tert-OH is 1. The van der Waals surface area contributed by atoms with Crippen molar-refractivity contribution < 1.29 is 72.1 Å². The standard InChI is InChI=1S/C69H123N11O15/c1-25-27-29-45(15)58(81)57-62(85)72-48(26-2)64(87)78(22)53(38-93-33-30-54-94-31-28-32-95-54)67(90)74(18)50(35-40(5)6)61(84)73-55(43(11)12)68(91)75(19)49(34-39(3)4)60(83)70-46(16)59(82)71-47(17)63(86)76(20)51(36-41(7)8)65(88)77(21)52(37-42(9)10)66(89)79(23)56(44(13)14)69(92)80(57)24/h25,27,39-58,81H,26,28-38H2,1-24H3,(H,70,83)(H,71,82)(H,72,85)(H,73,84)/b27-25+/t45-,46+,47-,48+,49+,50+,51+,52+,53-,55+,56+,57+,58-/m1/s1. The summed E-state index contributed by atoms with van der Waals surface area (Å²) in [7, 11) is 9.90. The molecule has 0 saturated carbocycles. The van der Waals surface area contributed by atoms with Crippen LogP contribution in [0.1, 0.15) is 169 Å². The average molecular weight is 1350 g/mol. The first-order chi connectivity index (χ1) is 44.2. The number of amides is 11. The maximum atomic E-state index is 15.4. The fraction of sp³-hybridized carbons (Fsp3) is 0.812. The Bertz CT molecular complexity index is 2580. The Balaban J connectivity index is 3.09. The molecule has 2 aliphatic heterocycles. The van der Waals surface area contributed by atoms with E-state index in [4.69, 9.17) is 14.2 Å². The maximum absolute atomic E-state index is 15.4. The summed E-state index contributed by atoms with van der Waals surface area (Å²) in [4.78, 5) is 173. The van der Waals surface area contributed by atoms with Crippen LogP contribution in [0.4, 0.5) is 0 Å². The molecule has 0 spiro atoms. The second-order valence-corrected chi connectivity index (χ2v) is 28.7. The summed E-state index contributed by atoms with van der Waals surface area (Å²) in [6.45, 7) is 30.4. The van der Waals surface area contributed by atoms with E-state index in [0.717, 1.165) is 9.80 Å². The molecule has 0 radical (unpaired) electrons. The van der Waals surface area contributed by atoms with E-state index in [2.05, 4.69) is 21.3 Å². The number of nitrogens with one attached hydrogen (secondary N) is 4. The zero-order valence-corrected chi connectivity index (χ0v) is 62.0.